The number of hydrogen-bond donors (Lipinski definition) is 7. The number of ether oxygens (including phenoxy) is 4. The number of Topliss-reactive ketones (excluding diaryl/α,β-unsaturated/α-hetero) is 2. The molecule has 3 aromatic heterocycles. The fourth-order valence-corrected chi connectivity index (χ4v) is 11.5. The van der Waals surface area contributed by atoms with E-state index in [1.54, 1.807) is 61.3 Å². The van der Waals surface area contributed by atoms with Crippen molar-refractivity contribution in [2.75, 3.05) is 63.8 Å². The molecule has 4 aromatic rings. The Morgan fingerprint density at radius 3 is 1.12 bits per heavy atom. The van der Waals surface area contributed by atoms with Gasteiger partial charge in [-0.25, -0.2) is 57.0 Å². The second-order valence-electron chi connectivity index (χ2n) is 24.0. The van der Waals surface area contributed by atoms with Crippen molar-refractivity contribution in [3.63, 3.8) is 0 Å². The first-order valence-corrected chi connectivity index (χ1v) is 37.4. The zero-order valence-electron chi connectivity index (χ0n) is 62.9. The van der Waals surface area contributed by atoms with E-state index in [9.17, 15) is 46.8 Å². The quantitative estimate of drug-likeness (QED) is 0.0103. The third kappa shape index (κ3) is 39.5. The molecule has 0 atom stereocenters. The van der Waals surface area contributed by atoms with Crippen molar-refractivity contribution in [2.24, 2.45) is 40.2 Å². The van der Waals surface area contributed by atoms with Gasteiger partial charge in [0.1, 0.15) is 0 Å². The van der Waals surface area contributed by atoms with Crippen molar-refractivity contribution in [3.8, 4) is 6.07 Å². The molecule has 12 saturated carbocycles. The number of rotatable bonds is 15. The van der Waals surface area contributed by atoms with E-state index < -0.39 is 81.3 Å². The van der Waals surface area contributed by atoms with Crippen LogP contribution in [0, 0.1) is 41.9 Å². The number of amides is 1. The van der Waals surface area contributed by atoms with Gasteiger partial charge in [-0.2, -0.15) is 18.5 Å². The number of nitrogens with two attached hydrogens (primary N) is 2. The third-order valence-corrected chi connectivity index (χ3v) is 18.0. The van der Waals surface area contributed by atoms with Crippen LogP contribution < -0.4 is 51.4 Å². The number of aliphatic imine (C=N–C) groups is 1. The smallest absolute Gasteiger partial charge is 0.870 e. The van der Waals surface area contributed by atoms with E-state index in [1.165, 1.54) is 119 Å². The van der Waals surface area contributed by atoms with Crippen molar-refractivity contribution in [1.29, 1.82) is 5.26 Å². The number of aliphatic carboxylic acids is 2. The standard InChI is InChI=1S/C10H14N4O2.C9H11N3O2.C8H9N3O2.C7H10N2O2S.C5H7Cl2NO2.C5H9N.C4H4Cl2O3.C4H6O3.C2H7NO.C2H3N.2C2H4O2.CH4.Cl2O2S.2ClH.Na.H2O/c1-13(16-2)9(15)8-6-14(12-11-8)10-3-7(4-10)5-10;1-14-8(13)7-5-12(11-10-7)9-2-6(3-9)4-9;12-7(13)6-4-11(10-9-6)8-1-5(2-8)3-8;1-6-2-4-7(5-3-6)12(10,11)9-8;1-8-3(4(6)7)5(9)10-2;6-5-1-4(2-5)3-5;1-9-4(8)2(7)3(5)6;1-3(5)4(6)7-2;1-3-4-2;1-2-3;2*1-2(3)4;;1-5(2,3)4;;;;/h6-7H,3-5H2,1-2H3;5-6H,2-4H2,1H3;4-5H,1-3H2,(H,12,13);2-5,9H,8H2,1H3;4H,1-2H3;4H,1-3,6H2;3H,1H3;1-2H3;3H,1-2H3;1H3;2*1H3,(H,3,4);1H4;;2*1H;;1H2/q;;;;;;;;;;;;;;;;+1;/p-1. The monoisotopic (exact) mass is 1800 g/mol. The summed E-state index contributed by atoms with van der Waals surface area (Å²) >= 11 is 20.7. The average Bonchev–Trinajstić information content (AvgIpc) is 1.32. The van der Waals surface area contributed by atoms with Crippen molar-refractivity contribution in [3.05, 3.63) is 65.5 Å². The van der Waals surface area contributed by atoms with Crippen molar-refractivity contribution >= 4 is 176 Å². The molecular weight excluding hydrogens is 1710 g/mol. The van der Waals surface area contributed by atoms with Crippen LogP contribution in [0.25, 0.3) is 0 Å². The number of carboxylic acid groups (broad SMARTS) is 3. The number of nitrogens with one attached hydrogen (secondary N) is 2. The summed E-state index contributed by atoms with van der Waals surface area (Å²) < 4.78 is 62.8. The number of halogens is 8. The molecule has 40 nitrogen and oxygen atoms in total. The number of benzene rings is 1. The summed E-state index contributed by atoms with van der Waals surface area (Å²) in [6.07, 6.45) is 19.5. The maximum atomic E-state index is 11.7. The number of aromatic nitrogens is 9. The Hall–Kier alpha value is -6.16. The fraction of sp³-hybridized carbons (Fsp3) is 0.607. The van der Waals surface area contributed by atoms with Crippen molar-refractivity contribution in [1.82, 2.24) is 60.4 Å². The molecule has 632 valence electrons. The molecule has 0 unspecified atom stereocenters. The number of hydroxylamine groups is 3. The number of methoxy groups -OCH3 is 4. The molecule has 1 amide bonds. The van der Waals surface area contributed by atoms with E-state index in [0.29, 0.717) is 16.9 Å². The number of ketones is 2. The Morgan fingerprint density at radius 1 is 0.634 bits per heavy atom. The second kappa shape index (κ2) is 55.4. The third-order valence-electron chi connectivity index (χ3n) is 16.0. The molecule has 12 fully saturated rings. The van der Waals surface area contributed by atoms with Crippen LogP contribution >= 0.6 is 92.6 Å². The van der Waals surface area contributed by atoms with Gasteiger partial charge >= 0.3 is 67.7 Å². The second-order valence-corrected chi connectivity index (χ2v) is 31.5. The van der Waals surface area contributed by atoms with Crippen LogP contribution in [0.5, 0.6) is 0 Å². The Bertz CT molecular complexity index is 3860. The van der Waals surface area contributed by atoms with Gasteiger partial charge in [0.2, 0.25) is 5.78 Å². The number of sulfonamides is 1. The molecule has 12 aliphatic rings. The van der Waals surface area contributed by atoms with Gasteiger partial charge in [0.15, 0.2) is 32.5 Å². The van der Waals surface area contributed by atoms with Crippen LogP contribution in [0.3, 0.4) is 0 Å². The van der Waals surface area contributed by atoms with Crippen LogP contribution in [0.1, 0.15) is 149 Å². The minimum absolute atomic E-state index is 0. The summed E-state index contributed by atoms with van der Waals surface area (Å²) in [6, 6.07) is 8.18. The number of aromatic carboxylic acids is 1. The fourth-order valence-electron chi connectivity index (χ4n) is 10.3. The Labute approximate surface area is 711 Å². The molecule has 1 aromatic carbocycles. The molecule has 16 rings (SSSR count). The van der Waals surface area contributed by atoms with Crippen LogP contribution in [0.2, 0.25) is 0 Å². The predicted molar refractivity (Wildman–Crippen MR) is 407 cm³/mol. The zero-order chi connectivity index (χ0) is 82.8. The average molecular weight is 1810 g/mol. The predicted octanol–water partition coefficient (Wildman–Crippen LogP) is 2.93. The molecule has 8 bridgehead atoms. The van der Waals surface area contributed by atoms with Crippen LogP contribution in [0.4, 0.5) is 0 Å². The van der Waals surface area contributed by atoms with Crippen LogP contribution in [0.15, 0.2) is 52.7 Å². The normalized spacial score (nSPS) is 20.7. The molecule has 3 heterocycles. The number of hydrogen-bond acceptors (Lipinski definition) is 32. The van der Waals surface area contributed by atoms with Gasteiger partial charge < -0.3 is 50.3 Å². The van der Waals surface area contributed by atoms with Crippen LogP contribution in [-0.2, 0) is 97.1 Å². The van der Waals surface area contributed by atoms with Gasteiger partial charge in [0.05, 0.1) is 88.8 Å². The summed E-state index contributed by atoms with van der Waals surface area (Å²) in [6.45, 7) is 6.64. The van der Waals surface area contributed by atoms with Gasteiger partial charge in [0, 0.05) is 75.7 Å². The number of nitrogens with zero attached hydrogens (tertiary/aromatic N) is 12. The minimum atomic E-state index is -3.72. The Morgan fingerprint density at radius 2 is 0.938 bits per heavy atom. The summed E-state index contributed by atoms with van der Waals surface area (Å²) in [5, 5.41) is 55.1. The number of esters is 4. The number of alkyl halides is 4. The van der Waals surface area contributed by atoms with E-state index >= 15 is 0 Å². The zero-order valence-corrected chi connectivity index (χ0v) is 72.7. The summed E-state index contributed by atoms with van der Waals surface area (Å²) in [5.74, 6) is 1.25. The largest absolute Gasteiger partial charge is 1.00 e. The number of aryl methyl sites for hydroxylation is 1. The SMILES string of the molecule is C.CC#N.CC(=O)O.CC(=O)O.CN=C(C(=O)OC)C(Cl)Cl.CNOC.COC(=O)C(=O)C(Cl)Cl.COC(=O)C(C)=O.COC(=O)c1cn(C23CC(C2)C3)nn1.CON(C)C(=O)c1cn(C23CC(C2)C3)nn1.Cc1ccc(S(=O)(=O)NN)cc1.Cl.Cl.NC12CC(C1)C2.O=C(O)c1cn(C23CC(C2)C3)nn1.O=S(=O)(Cl)Cl.[Na+].[OH-]. The van der Waals surface area contributed by atoms with Gasteiger partial charge in [-0.3, -0.25) is 39.6 Å². The Kier molecular flexibility index (Phi) is 57.7. The number of nitriles is 1. The molecule has 51 heteroatoms. The van der Waals surface area contributed by atoms with Gasteiger partial charge in [-0.1, -0.05) is 87.2 Å². The number of carbonyl (C=O) groups excluding carboxylic acids is 7. The van der Waals surface area contributed by atoms with E-state index in [0.717, 1.165) is 81.4 Å². The molecule has 12 aliphatic carbocycles. The van der Waals surface area contributed by atoms with Gasteiger partial charge in [-0.15, -0.1) is 40.1 Å². The molecule has 0 radical (unpaired) electrons. The van der Waals surface area contributed by atoms with E-state index in [-0.39, 0.29) is 106 Å². The molecule has 112 heavy (non-hydrogen) atoms. The number of carbonyl (C=O) groups is 10. The van der Waals surface area contributed by atoms with Crippen LogP contribution in [-0.4, -0.2) is 232 Å². The topological polar surface area (TPSA) is 593 Å². The molecule has 0 spiro atoms. The minimum Gasteiger partial charge on any atom is -0.870 e. The first-order valence-electron chi connectivity index (χ1n) is 31.0. The number of carboxylic acids is 3. The van der Waals surface area contributed by atoms with E-state index in [2.05, 4.69) is 86.6 Å². The van der Waals surface area contributed by atoms with Gasteiger partial charge in [-0.05, 0) is 120 Å². The summed E-state index contributed by atoms with van der Waals surface area (Å²) in [4.78, 5) is 115. The van der Waals surface area contributed by atoms with E-state index in [1.807, 2.05) is 16.3 Å². The van der Waals surface area contributed by atoms with E-state index in [4.69, 9.17) is 101 Å². The molecule has 0 aliphatic heterocycles. The molecule has 0 saturated heterocycles. The molecule has 10 N–H and O–H groups in total. The van der Waals surface area contributed by atoms with Crippen molar-refractivity contribution < 1.29 is 144 Å². The first kappa shape index (κ1) is 117. The van der Waals surface area contributed by atoms with Gasteiger partial charge in [0.25, 0.3) is 33.7 Å². The first-order chi connectivity index (χ1) is 49.6. The maximum absolute atomic E-state index is 11.7. The van der Waals surface area contributed by atoms with Crippen molar-refractivity contribution in [2.45, 2.75) is 156 Å². The summed E-state index contributed by atoms with van der Waals surface area (Å²) in [5.41, 5.74) is 10.7. The summed E-state index contributed by atoms with van der Waals surface area (Å²) in [7, 11) is 13.9. The molecular formula is C61H95Cl8N16NaO24S2. The Balaban J connectivity index is -0.000000278. The maximum Gasteiger partial charge on any atom is 1.00 e. The number of hydrazine groups is 1.